The van der Waals surface area contributed by atoms with Gasteiger partial charge in [-0.3, -0.25) is 4.21 Å². The number of hydrogen-bond donors (Lipinski definition) is 0. The first-order chi connectivity index (χ1) is 8.66. The van der Waals surface area contributed by atoms with Gasteiger partial charge in [-0.05, 0) is 43.9 Å². The average molecular weight is 270 g/mol. The van der Waals surface area contributed by atoms with Gasteiger partial charge in [-0.2, -0.15) is 0 Å². The second kappa shape index (κ2) is 6.43. The minimum atomic E-state index is -0.967. The summed E-state index contributed by atoms with van der Waals surface area (Å²) in [5, 5.41) is -0.0730. The first kappa shape index (κ1) is 13.7. The summed E-state index contributed by atoms with van der Waals surface area (Å²) in [4.78, 5) is 0. The largest absolute Gasteiger partial charge is 0.377 e. The summed E-state index contributed by atoms with van der Waals surface area (Å²) < 4.78 is 30.7. The lowest BCUT2D eigenvalue weighted by Crippen LogP contribution is -2.26. The zero-order chi connectivity index (χ0) is 13.0. The number of benzene rings is 1. The van der Waals surface area contributed by atoms with E-state index in [1.165, 1.54) is 12.1 Å². The summed E-state index contributed by atoms with van der Waals surface area (Å²) in [6, 6.07) is 6.25. The molecule has 0 N–H and O–H groups in total. The number of ether oxygens (including phenoxy) is 1. The van der Waals surface area contributed by atoms with E-state index in [2.05, 4.69) is 0 Å². The van der Waals surface area contributed by atoms with Crippen LogP contribution in [0.5, 0.6) is 0 Å². The monoisotopic (exact) mass is 270 g/mol. The van der Waals surface area contributed by atoms with Crippen LogP contribution in [-0.4, -0.2) is 22.7 Å². The zero-order valence-corrected chi connectivity index (χ0v) is 11.4. The maximum Gasteiger partial charge on any atom is 0.123 e. The van der Waals surface area contributed by atoms with Gasteiger partial charge < -0.3 is 4.74 Å². The van der Waals surface area contributed by atoms with Crippen molar-refractivity contribution < 1.29 is 13.3 Å². The average Bonchev–Trinajstić information content (AvgIpc) is 2.40. The van der Waals surface area contributed by atoms with E-state index in [4.69, 9.17) is 4.74 Å². The maximum absolute atomic E-state index is 12.8. The van der Waals surface area contributed by atoms with Gasteiger partial charge >= 0.3 is 0 Å². The minimum Gasteiger partial charge on any atom is -0.377 e. The van der Waals surface area contributed by atoms with Gasteiger partial charge in [0.15, 0.2) is 0 Å². The zero-order valence-electron chi connectivity index (χ0n) is 10.6. The lowest BCUT2D eigenvalue weighted by atomic mass is 10.1. The van der Waals surface area contributed by atoms with Crippen LogP contribution in [0.3, 0.4) is 0 Å². The van der Waals surface area contributed by atoms with Crippen LogP contribution in [0, 0.1) is 5.82 Å². The van der Waals surface area contributed by atoms with Gasteiger partial charge in [0.05, 0.1) is 17.1 Å². The molecule has 18 heavy (non-hydrogen) atoms. The second-order valence-electron chi connectivity index (χ2n) is 4.73. The summed E-state index contributed by atoms with van der Waals surface area (Å²) in [7, 11) is -0.967. The van der Waals surface area contributed by atoms with Gasteiger partial charge in [0.25, 0.3) is 0 Å². The Morgan fingerprint density at radius 2 is 2.11 bits per heavy atom. The molecule has 3 unspecified atom stereocenters. The molecule has 1 aliphatic heterocycles. The molecule has 4 heteroatoms. The molecule has 1 saturated heterocycles. The van der Waals surface area contributed by atoms with Gasteiger partial charge in [-0.25, -0.2) is 4.39 Å². The lowest BCUT2D eigenvalue weighted by Gasteiger charge is -2.23. The molecule has 1 aromatic carbocycles. The molecule has 0 saturated carbocycles. The van der Waals surface area contributed by atoms with Crippen LogP contribution in [0.2, 0.25) is 0 Å². The molecule has 1 aliphatic rings. The molecule has 0 spiro atoms. The van der Waals surface area contributed by atoms with Gasteiger partial charge in [0.1, 0.15) is 5.82 Å². The predicted octanol–water partition coefficient (Wildman–Crippen LogP) is 3.20. The Bertz CT molecular complexity index is 399. The van der Waals surface area contributed by atoms with Crippen molar-refractivity contribution in [1.29, 1.82) is 0 Å². The fraction of sp³-hybridized carbons (Fsp3) is 0.571. The normalized spacial score (nSPS) is 23.6. The lowest BCUT2D eigenvalue weighted by molar-refractivity contribution is 0.0309. The Morgan fingerprint density at radius 3 is 2.72 bits per heavy atom. The fourth-order valence-electron chi connectivity index (χ4n) is 2.15. The van der Waals surface area contributed by atoms with Crippen LogP contribution >= 0.6 is 0 Å². The quantitative estimate of drug-likeness (QED) is 0.840. The minimum absolute atomic E-state index is 0.0730. The summed E-state index contributed by atoms with van der Waals surface area (Å²) in [5.74, 6) is 0.325. The Kier molecular flexibility index (Phi) is 4.89. The first-order valence-electron chi connectivity index (χ1n) is 6.41. The molecular formula is C14H19FO2S. The van der Waals surface area contributed by atoms with Crippen LogP contribution in [0.15, 0.2) is 24.3 Å². The van der Waals surface area contributed by atoms with Crippen molar-refractivity contribution in [2.45, 2.75) is 37.5 Å². The topological polar surface area (TPSA) is 26.3 Å². The molecular weight excluding hydrogens is 251 g/mol. The maximum atomic E-state index is 12.8. The van der Waals surface area contributed by atoms with Crippen LogP contribution in [0.25, 0.3) is 0 Å². The summed E-state index contributed by atoms with van der Waals surface area (Å²) in [5.41, 5.74) is 0.922. The fourth-order valence-corrected chi connectivity index (χ4v) is 3.53. The molecule has 1 aromatic rings. The van der Waals surface area contributed by atoms with Crippen molar-refractivity contribution in [2.75, 3.05) is 12.4 Å². The van der Waals surface area contributed by atoms with E-state index in [1.54, 1.807) is 12.1 Å². The summed E-state index contributed by atoms with van der Waals surface area (Å²) in [6.07, 6.45) is 3.40. The van der Waals surface area contributed by atoms with Crippen molar-refractivity contribution >= 4 is 10.8 Å². The highest BCUT2D eigenvalue weighted by molar-refractivity contribution is 7.85. The Labute approximate surface area is 110 Å². The second-order valence-corrected chi connectivity index (χ2v) is 6.53. The molecule has 2 nitrogen and oxygen atoms in total. The van der Waals surface area contributed by atoms with E-state index in [1.807, 2.05) is 6.92 Å². The van der Waals surface area contributed by atoms with E-state index < -0.39 is 10.8 Å². The van der Waals surface area contributed by atoms with Gasteiger partial charge in [0, 0.05) is 17.4 Å². The predicted molar refractivity (Wildman–Crippen MR) is 71.4 cm³/mol. The van der Waals surface area contributed by atoms with E-state index in [0.717, 1.165) is 31.4 Å². The van der Waals surface area contributed by atoms with Crippen LogP contribution < -0.4 is 0 Å². The van der Waals surface area contributed by atoms with E-state index in [-0.39, 0.29) is 17.2 Å². The molecule has 100 valence electrons. The van der Waals surface area contributed by atoms with Crippen molar-refractivity contribution in [3.8, 4) is 0 Å². The van der Waals surface area contributed by atoms with Crippen molar-refractivity contribution in [1.82, 2.24) is 0 Å². The first-order valence-corrected chi connectivity index (χ1v) is 7.79. The summed E-state index contributed by atoms with van der Waals surface area (Å²) in [6.45, 7) is 2.71. The molecule has 3 atom stereocenters. The van der Waals surface area contributed by atoms with Crippen molar-refractivity contribution in [2.24, 2.45) is 0 Å². The van der Waals surface area contributed by atoms with Crippen molar-refractivity contribution in [3.05, 3.63) is 35.6 Å². The Morgan fingerprint density at radius 1 is 1.39 bits per heavy atom. The SMILES string of the molecule is CC(c1ccc(F)cc1)S(=O)CC1CCCCO1. The van der Waals surface area contributed by atoms with Gasteiger partial charge in [0.2, 0.25) is 0 Å². The third-order valence-corrected chi connectivity index (χ3v) is 5.12. The smallest absolute Gasteiger partial charge is 0.123 e. The van der Waals surface area contributed by atoms with Gasteiger partial charge in [-0.1, -0.05) is 12.1 Å². The molecule has 0 aliphatic carbocycles. The number of rotatable bonds is 4. The van der Waals surface area contributed by atoms with Gasteiger partial charge in [-0.15, -0.1) is 0 Å². The van der Waals surface area contributed by atoms with E-state index in [0.29, 0.717) is 5.75 Å². The van der Waals surface area contributed by atoms with Crippen LogP contribution in [0.4, 0.5) is 4.39 Å². The highest BCUT2D eigenvalue weighted by Gasteiger charge is 2.21. The highest BCUT2D eigenvalue weighted by atomic mass is 32.2. The molecule has 1 fully saturated rings. The van der Waals surface area contributed by atoms with Crippen molar-refractivity contribution in [3.63, 3.8) is 0 Å². The third-order valence-electron chi connectivity index (χ3n) is 3.36. The Balaban J connectivity index is 1.93. The molecule has 0 radical (unpaired) electrons. The highest BCUT2D eigenvalue weighted by Crippen LogP contribution is 2.22. The summed E-state index contributed by atoms with van der Waals surface area (Å²) >= 11 is 0. The Hall–Kier alpha value is -0.740. The molecule has 0 bridgehead atoms. The molecule has 1 heterocycles. The number of halogens is 1. The van der Waals surface area contributed by atoms with E-state index >= 15 is 0 Å². The molecule has 0 aromatic heterocycles. The van der Waals surface area contributed by atoms with Crippen LogP contribution in [0.1, 0.15) is 37.0 Å². The van der Waals surface area contributed by atoms with E-state index in [9.17, 15) is 8.60 Å². The third kappa shape index (κ3) is 3.62. The standard InChI is InChI=1S/C14H19FO2S/c1-11(12-5-7-13(15)8-6-12)18(16)10-14-4-2-3-9-17-14/h5-8,11,14H,2-4,9-10H2,1H3. The number of hydrogen-bond acceptors (Lipinski definition) is 2. The molecule has 2 rings (SSSR count). The molecule has 0 amide bonds. The van der Waals surface area contributed by atoms with Crippen LogP contribution in [-0.2, 0) is 15.5 Å².